The number of unbranched alkanes of at least 4 members (excludes halogenated alkanes) is 14. The van der Waals surface area contributed by atoms with Gasteiger partial charge in [0.25, 0.3) is 0 Å². The van der Waals surface area contributed by atoms with Gasteiger partial charge in [0.05, 0.1) is 6.61 Å². The number of rotatable bonds is 21. The molecule has 0 saturated heterocycles. The molecule has 0 saturated carbocycles. The van der Waals surface area contributed by atoms with Crippen LogP contribution in [0.2, 0.25) is 0 Å². The Hall–Kier alpha value is 1.25. The van der Waals surface area contributed by atoms with Gasteiger partial charge in [-0.1, -0.05) is 116 Å². The van der Waals surface area contributed by atoms with E-state index >= 15 is 0 Å². The van der Waals surface area contributed by atoms with E-state index in [0.29, 0.717) is 0 Å². The molecule has 0 heterocycles. The van der Waals surface area contributed by atoms with Crippen LogP contribution in [0.4, 0.5) is 0 Å². The summed E-state index contributed by atoms with van der Waals surface area (Å²) in [5, 5.41) is 0. The average Bonchev–Trinajstić information content (AvgIpc) is 2.65. The van der Waals surface area contributed by atoms with Gasteiger partial charge in [-0.15, -0.1) is 0 Å². The molecule has 0 radical (unpaired) electrons. The summed E-state index contributed by atoms with van der Waals surface area (Å²) in [5.74, 6) is 0.0216. The minimum Gasteiger partial charge on any atom is -0.726 e. The van der Waals surface area contributed by atoms with E-state index in [1.165, 1.54) is 89.9 Å². The van der Waals surface area contributed by atoms with Crippen LogP contribution in [-0.4, -0.2) is 19.6 Å². The van der Waals surface area contributed by atoms with Crippen molar-refractivity contribution in [3.8, 4) is 0 Å². The van der Waals surface area contributed by atoms with E-state index < -0.39 is 10.4 Å². The van der Waals surface area contributed by atoms with Crippen LogP contribution in [0.5, 0.6) is 0 Å². The molecular formula is C23H45KO4S. The Morgan fingerprint density at radius 3 is 1.69 bits per heavy atom. The van der Waals surface area contributed by atoms with Gasteiger partial charge in [0.15, 0.2) is 0 Å². The summed E-state index contributed by atoms with van der Waals surface area (Å²) in [5.41, 5.74) is 0. The van der Waals surface area contributed by atoms with Crippen LogP contribution in [0.3, 0.4) is 0 Å². The van der Waals surface area contributed by atoms with Gasteiger partial charge >= 0.3 is 51.4 Å². The van der Waals surface area contributed by atoms with Crippen molar-refractivity contribution < 1.29 is 68.5 Å². The van der Waals surface area contributed by atoms with Crippen molar-refractivity contribution in [3.05, 3.63) is 12.2 Å². The SMILES string of the molecule is CCCCCCCCC/C=C/C(CCCCCCCCCC)COS(=O)(=O)[O-].[K+]. The first-order valence-electron chi connectivity index (χ1n) is 11.8. The van der Waals surface area contributed by atoms with Gasteiger partial charge in [-0.25, -0.2) is 8.42 Å². The van der Waals surface area contributed by atoms with Crippen LogP contribution in [0.1, 0.15) is 123 Å². The second kappa shape index (κ2) is 23.9. The van der Waals surface area contributed by atoms with Gasteiger partial charge in [-0.05, 0) is 19.3 Å². The molecule has 0 N–H and O–H groups in total. The first-order chi connectivity index (χ1) is 13.5. The molecule has 4 nitrogen and oxygen atoms in total. The quantitative estimate of drug-likeness (QED) is 0.0848. The summed E-state index contributed by atoms with van der Waals surface area (Å²) in [6.45, 7) is 4.44. The number of hydrogen-bond acceptors (Lipinski definition) is 4. The molecule has 0 rings (SSSR count). The van der Waals surface area contributed by atoms with Crippen molar-refractivity contribution in [3.63, 3.8) is 0 Å². The van der Waals surface area contributed by atoms with Gasteiger partial charge in [0, 0.05) is 5.92 Å². The number of allylic oxidation sites excluding steroid dienone is 1. The fourth-order valence-electron chi connectivity index (χ4n) is 3.45. The molecule has 0 amide bonds. The van der Waals surface area contributed by atoms with E-state index in [0.717, 1.165) is 19.3 Å². The van der Waals surface area contributed by atoms with Crippen LogP contribution >= 0.6 is 0 Å². The normalized spacial score (nSPS) is 12.9. The molecule has 0 aromatic rings. The largest absolute Gasteiger partial charge is 1.00 e. The molecule has 1 atom stereocenters. The monoisotopic (exact) mass is 456 g/mol. The zero-order valence-corrected chi connectivity index (χ0v) is 23.4. The zero-order valence-electron chi connectivity index (χ0n) is 19.5. The minimum atomic E-state index is -4.60. The molecule has 0 aliphatic rings. The van der Waals surface area contributed by atoms with Crippen LogP contribution in [-0.2, 0) is 14.6 Å². The topological polar surface area (TPSA) is 66.4 Å². The van der Waals surface area contributed by atoms with Crippen molar-refractivity contribution in [1.29, 1.82) is 0 Å². The van der Waals surface area contributed by atoms with Crippen molar-refractivity contribution in [2.45, 2.75) is 123 Å². The molecule has 0 aliphatic carbocycles. The van der Waals surface area contributed by atoms with E-state index in [-0.39, 0.29) is 63.9 Å². The molecule has 0 aliphatic heterocycles. The summed E-state index contributed by atoms with van der Waals surface area (Å²) in [4.78, 5) is 0. The molecule has 0 bridgehead atoms. The summed E-state index contributed by atoms with van der Waals surface area (Å²) >= 11 is 0. The fourth-order valence-corrected chi connectivity index (χ4v) is 3.80. The summed E-state index contributed by atoms with van der Waals surface area (Å²) in [6, 6.07) is 0. The van der Waals surface area contributed by atoms with E-state index in [9.17, 15) is 13.0 Å². The van der Waals surface area contributed by atoms with Crippen molar-refractivity contribution in [2.75, 3.05) is 6.61 Å². The van der Waals surface area contributed by atoms with Crippen molar-refractivity contribution in [1.82, 2.24) is 0 Å². The third kappa shape index (κ3) is 27.2. The second-order valence-corrected chi connectivity index (χ2v) is 9.11. The summed E-state index contributed by atoms with van der Waals surface area (Å²) in [6.07, 6.45) is 25.1. The van der Waals surface area contributed by atoms with E-state index in [2.05, 4.69) is 30.2 Å². The molecule has 0 aromatic carbocycles. The molecule has 0 fully saturated rings. The smallest absolute Gasteiger partial charge is 0.726 e. The van der Waals surface area contributed by atoms with Crippen molar-refractivity contribution >= 4 is 10.4 Å². The molecule has 6 heteroatoms. The first kappa shape index (κ1) is 32.4. The van der Waals surface area contributed by atoms with Crippen LogP contribution < -0.4 is 51.4 Å². The van der Waals surface area contributed by atoms with Gasteiger partial charge in [-0.3, -0.25) is 4.18 Å². The Balaban J connectivity index is 0. The van der Waals surface area contributed by atoms with Gasteiger partial charge in [0.1, 0.15) is 0 Å². The van der Waals surface area contributed by atoms with Gasteiger partial charge in [0.2, 0.25) is 10.4 Å². The molecule has 29 heavy (non-hydrogen) atoms. The molecular weight excluding hydrogens is 411 g/mol. The Labute approximate surface area is 224 Å². The maximum Gasteiger partial charge on any atom is 1.00 e. The van der Waals surface area contributed by atoms with Crippen molar-refractivity contribution in [2.24, 2.45) is 5.92 Å². The Morgan fingerprint density at radius 1 is 0.759 bits per heavy atom. The molecule has 1 unspecified atom stereocenters. The number of hydrogen-bond donors (Lipinski definition) is 0. The van der Waals surface area contributed by atoms with Crippen LogP contribution in [0, 0.1) is 5.92 Å². The maximum absolute atomic E-state index is 10.8. The Morgan fingerprint density at radius 2 is 1.21 bits per heavy atom. The van der Waals surface area contributed by atoms with E-state index in [4.69, 9.17) is 0 Å². The first-order valence-corrected chi connectivity index (χ1v) is 13.1. The van der Waals surface area contributed by atoms with Crippen LogP contribution in [0.15, 0.2) is 12.2 Å². The molecule has 0 aromatic heterocycles. The zero-order chi connectivity index (χ0) is 20.9. The fraction of sp³-hybridized carbons (Fsp3) is 0.913. The van der Waals surface area contributed by atoms with Crippen LogP contribution in [0.25, 0.3) is 0 Å². The second-order valence-electron chi connectivity index (χ2n) is 8.05. The minimum absolute atomic E-state index is 0. The van der Waals surface area contributed by atoms with Gasteiger partial charge < -0.3 is 4.55 Å². The summed E-state index contributed by atoms with van der Waals surface area (Å²) < 4.78 is 36.8. The predicted octanol–water partition coefficient (Wildman–Crippen LogP) is 4.31. The van der Waals surface area contributed by atoms with E-state index in [1.807, 2.05) is 0 Å². The Bertz CT molecular complexity index is 452. The third-order valence-corrected chi connectivity index (χ3v) is 5.66. The molecule has 0 spiro atoms. The average molecular weight is 457 g/mol. The summed E-state index contributed by atoms with van der Waals surface area (Å²) in [7, 11) is -4.60. The standard InChI is InChI=1S/C23H46O4S.K/c1-3-5-7-9-11-13-15-17-19-21-23(22-27-28(24,25)26)20-18-16-14-12-10-8-6-4-2;/h19,21,23H,3-18,20,22H2,1-2H3,(H,24,25,26);/q;+1/p-1/b21-19+;. The maximum atomic E-state index is 10.8. The molecule has 168 valence electrons. The van der Waals surface area contributed by atoms with E-state index in [1.54, 1.807) is 0 Å². The predicted molar refractivity (Wildman–Crippen MR) is 118 cm³/mol. The third-order valence-electron chi connectivity index (χ3n) is 5.24. The van der Waals surface area contributed by atoms with Gasteiger partial charge in [-0.2, -0.15) is 0 Å². The Kier molecular flexibility index (Phi) is 26.7.